The molecular weight excluding hydrogens is 274 g/mol. The number of halogens is 1. The van der Waals surface area contributed by atoms with Crippen molar-refractivity contribution in [1.29, 1.82) is 0 Å². The number of hydrogen-bond donors (Lipinski definition) is 1. The number of aliphatic hydroxyl groups is 1. The predicted octanol–water partition coefficient (Wildman–Crippen LogP) is 0.752. The van der Waals surface area contributed by atoms with Gasteiger partial charge in [-0.3, -0.25) is 0 Å². The zero-order valence-corrected chi connectivity index (χ0v) is 10.0. The molecule has 5 nitrogen and oxygen atoms in total. The van der Waals surface area contributed by atoms with Gasteiger partial charge in [-0.15, -0.1) is 0 Å². The van der Waals surface area contributed by atoms with E-state index >= 15 is 0 Å². The van der Waals surface area contributed by atoms with Gasteiger partial charge in [0.1, 0.15) is 5.41 Å². The maximum atomic E-state index is 9.39. The van der Waals surface area contributed by atoms with E-state index in [1.807, 2.05) is 18.3 Å². The first kappa shape index (κ1) is 10.2. The maximum Gasteiger partial charge on any atom is 0.164 e. The third-order valence-electron chi connectivity index (χ3n) is 2.83. The lowest BCUT2D eigenvalue weighted by molar-refractivity contribution is -0.0882. The highest BCUT2D eigenvalue weighted by Gasteiger charge is 2.43. The van der Waals surface area contributed by atoms with Crippen molar-refractivity contribution in [2.45, 2.75) is 5.41 Å². The van der Waals surface area contributed by atoms with Crippen molar-refractivity contribution in [3.63, 3.8) is 0 Å². The largest absolute Gasteiger partial charge is 0.395 e. The second-order valence-electron chi connectivity index (χ2n) is 4.02. The molecule has 3 rings (SSSR count). The topological polar surface area (TPSA) is 59.7 Å². The Kier molecular flexibility index (Phi) is 2.24. The molecule has 1 fully saturated rings. The Bertz CT molecular complexity index is 530. The summed E-state index contributed by atoms with van der Waals surface area (Å²) in [6.45, 7) is 0.994. The van der Waals surface area contributed by atoms with Crippen LogP contribution in [0.4, 0.5) is 0 Å². The van der Waals surface area contributed by atoms with Crippen molar-refractivity contribution in [2.24, 2.45) is 0 Å². The maximum absolute atomic E-state index is 9.39. The van der Waals surface area contributed by atoms with Crippen LogP contribution in [0, 0.1) is 0 Å². The third-order valence-corrected chi connectivity index (χ3v) is 3.30. The van der Waals surface area contributed by atoms with E-state index in [-0.39, 0.29) is 6.61 Å². The van der Waals surface area contributed by atoms with Crippen molar-refractivity contribution in [2.75, 3.05) is 19.8 Å². The van der Waals surface area contributed by atoms with Gasteiger partial charge in [0, 0.05) is 10.7 Å². The lowest BCUT2D eigenvalue weighted by atomic mass is 9.86. The first-order chi connectivity index (χ1) is 7.73. The molecule has 0 bridgehead atoms. The average Bonchev–Trinajstić information content (AvgIpc) is 2.60. The van der Waals surface area contributed by atoms with E-state index in [1.165, 1.54) is 0 Å². The average molecular weight is 284 g/mol. The van der Waals surface area contributed by atoms with Crippen molar-refractivity contribution < 1.29 is 9.84 Å². The molecule has 0 atom stereocenters. The van der Waals surface area contributed by atoms with Crippen LogP contribution in [-0.2, 0) is 10.2 Å². The van der Waals surface area contributed by atoms with Crippen LogP contribution < -0.4 is 0 Å². The van der Waals surface area contributed by atoms with Crippen LogP contribution in [0.1, 0.15) is 5.82 Å². The number of rotatable bonds is 2. The van der Waals surface area contributed by atoms with Crippen LogP contribution in [-0.4, -0.2) is 39.5 Å². The highest BCUT2D eigenvalue weighted by atomic mass is 79.9. The minimum atomic E-state index is -0.404. The van der Waals surface area contributed by atoms with Crippen LogP contribution in [0.3, 0.4) is 0 Å². The van der Waals surface area contributed by atoms with E-state index in [9.17, 15) is 5.11 Å². The molecule has 0 amide bonds. The summed E-state index contributed by atoms with van der Waals surface area (Å²) in [7, 11) is 0. The monoisotopic (exact) mass is 283 g/mol. The number of ether oxygens (including phenoxy) is 1. The van der Waals surface area contributed by atoms with E-state index < -0.39 is 5.41 Å². The second kappa shape index (κ2) is 3.51. The number of nitrogens with zero attached hydrogens (tertiary/aromatic N) is 3. The summed E-state index contributed by atoms with van der Waals surface area (Å²) in [5.41, 5.74) is 0.372. The molecule has 0 saturated carbocycles. The van der Waals surface area contributed by atoms with Crippen molar-refractivity contribution >= 4 is 21.6 Å². The van der Waals surface area contributed by atoms with Crippen LogP contribution in [0.2, 0.25) is 0 Å². The number of hydrogen-bond acceptors (Lipinski definition) is 4. The first-order valence-electron chi connectivity index (χ1n) is 4.95. The van der Waals surface area contributed by atoms with Gasteiger partial charge < -0.3 is 9.84 Å². The van der Waals surface area contributed by atoms with Gasteiger partial charge >= 0.3 is 0 Å². The van der Waals surface area contributed by atoms with Crippen LogP contribution in [0.5, 0.6) is 0 Å². The number of aromatic nitrogens is 3. The zero-order chi connectivity index (χ0) is 11.2. The summed E-state index contributed by atoms with van der Waals surface area (Å²) in [4.78, 5) is 4.41. The molecule has 0 aliphatic carbocycles. The molecule has 0 aromatic carbocycles. The summed E-state index contributed by atoms with van der Waals surface area (Å²) in [5.74, 6) is 0.652. The van der Waals surface area contributed by atoms with E-state index in [1.54, 1.807) is 4.52 Å². The summed E-state index contributed by atoms with van der Waals surface area (Å²) < 4.78 is 7.79. The summed E-state index contributed by atoms with van der Waals surface area (Å²) in [6, 6.07) is 3.79. The summed E-state index contributed by atoms with van der Waals surface area (Å²) in [5, 5.41) is 13.8. The van der Waals surface area contributed by atoms with E-state index in [4.69, 9.17) is 4.74 Å². The molecule has 2 aromatic rings. The van der Waals surface area contributed by atoms with Gasteiger partial charge in [-0.05, 0) is 28.1 Å². The Morgan fingerprint density at radius 2 is 2.31 bits per heavy atom. The Morgan fingerprint density at radius 3 is 2.94 bits per heavy atom. The molecule has 2 aromatic heterocycles. The number of aliphatic hydroxyl groups excluding tert-OH is 1. The molecule has 84 valence electrons. The molecule has 3 heterocycles. The lowest BCUT2D eigenvalue weighted by Crippen LogP contribution is -2.50. The molecular formula is C10H10BrN3O2. The highest BCUT2D eigenvalue weighted by Crippen LogP contribution is 2.29. The van der Waals surface area contributed by atoms with Gasteiger partial charge in [-0.25, -0.2) is 9.50 Å². The zero-order valence-electron chi connectivity index (χ0n) is 8.43. The van der Waals surface area contributed by atoms with Crippen LogP contribution in [0.15, 0.2) is 22.8 Å². The van der Waals surface area contributed by atoms with Gasteiger partial charge in [-0.1, -0.05) is 0 Å². The fourth-order valence-corrected chi connectivity index (χ4v) is 2.05. The van der Waals surface area contributed by atoms with Crippen molar-refractivity contribution in [1.82, 2.24) is 14.6 Å². The Balaban J connectivity index is 2.11. The smallest absolute Gasteiger partial charge is 0.164 e. The fourth-order valence-electron chi connectivity index (χ4n) is 1.72. The second-order valence-corrected chi connectivity index (χ2v) is 4.93. The van der Waals surface area contributed by atoms with Gasteiger partial charge in [0.2, 0.25) is 0 Å². The molecule has 0 radical (unpaired) electrons. The minimum absolute atomic E-state index is 0.0189. The molecule has 16 heavy (non-hydrogen) atoms. The molecule has 1 saturated heterocycles. The molecule has 1 aliphatic rings. The highest BCUT2D eigenvalue weighted by molar-refractivity contribution is 9.10. The summed E-state index contributed by atoms with van der Waals surface area (Å²) >= 11 is 3.38. The van der Waals surface area contributed by atoms with Gasteiger partial charge in [0.05, 0.1) is 19.8 Å². The predicted molar refractivity (Wildman–Crippen MR) is 60.3 cm³/mol. The van der Waals surface area contributed by atoms with Gasteiger partial charge in [-0.2, -0.15) is 5.10 Å². The van der Waals surface area contributed by atoms with Crippen LogP contribution in [0.25, 0.3) is 5.65 Å². The van der Waals surface area contributed by atoms with Crippen LogP contribution >= 0.6 is 15.9 Å². The van der Waals surface area contributed by atoms with Crippen molar-refractivity contribution in [3.8, 4) is 0 Å². The Morgan fingerprint density at radius 1 is 1.50 bits per heavy atom. The number of pyridine rings is 1. The van der Waals surface area contributed by atoms with Gasteiger partial charge in [0.15, 0.2) is 11.5 Å². The quantitative estimate of drug-likeness (QED) is 0.884. The Hall–Kier alpha value is -0.980. The van der Waals surface area contributed by atoms with E-state index in [0.717, 1.165) is 10.1 Å². The molecule has 0 spiro atoms. The third kappa shape index (κ3) is 1.37. The molecule has 1 N–H and O–H groups in total. The molecule has 0 unspecified atom stereocenters. The number of fused-ring (bicyclic) bond motifs is 1. The first-order valence-corrected chi connectivity index (χ1v) is 5.74. The SMILES string of the molecule is OCC1(c2nc3ccc(Br)cn3n2)COC1. The Labute approximate surface area is 100 Å². The fraction of sp³-hybridized carbons (Fsp3) is 0.400. The summed E-state index contributed by atoms with van der Waals surface area (Å²) in [6.07, 6.45) is 1.84. The van der Waals surface area contributed by atoms with E-state index in [2.05, 4.69) is 26.0 Å². The molecule has 1 aliphatic heterocycles. The lowest BCUT2D eigenvalue weighted by Gasteiger charge is -2.36. The molecule has 6 heteroatoms. The standard InChI is InChI=1S/C10H10BrN3O2/c11-7-1-2-8-12-9(13-14(8)3-7)10(4-15)5-16-6-10/h1-3,15H,4-6H2. The van der Waals surface area contributed by atoms with Crippen molar-refractivity contribution in [3.05, 3.63) is 28.6 Å². The minimum Gasteiger partial charge on any atom is -0.395 e. The van der Waals surface area contributed by atoms with Gasteiger partial charge in [0.25, 0.3) is 0 Å². The normalized spacial score (nSPS) is 18.6. The van der Waals surface area contributed by atoms with E-state index in [0.29, 0.717) is 19.0 Å².